The second-order valence-electron chi connectivity index (χ2n) is 4.44. The Labute approximate surface area is 124 Å². The number of nitrogens with zero attached hydrogens (tertiary/aromatic N) is 2. The number of halogens is 2. The van der Waals surface area contributed by atoms with Crippen LogP contribution in [0.25, 0.3) is 0 Å². The van der Waals surface area contributed by atoms with Gasteiger partial charge >= 0.3 is 0 Å². The van der Waals surface area contributed by atoms with Crippen LogP contribution in [-0.4, -0.2) is 56.0 Å². The first-order chi connectivity index (χ1) is 8.61. The van der Waals surface area contributed by atoms with E-state index in [9.17, 15) is 4.79 Å². The van der Waals surface area contributed by atoms with Crippen LogP contribution in [0.3, 0.4) is 0 Å². The molecule has 0 atom stereocenters. The molecule has 0 bridgehead atoms. The Bertz CT molecular complexity index is 446. The molecule has 0 aromatic heterocycles. The minimum atomic E-state index is -0.0116. The van der Waals surface area contributed by atoms with Crippen molar-refractivity contribution in [2.75, 3.05) is 40.3 Å². The zero-order valence-corrected chi connectivity index (χ0v) is 12.6. The van der Waals surface area contributed by atoms with Crippen molar-refractivity contribution in [3.8, 4) is 5.75 Å². The second kappa shape index (κ2) is 6.98. The SMILES string of the molecule is COc1ccc(Cl)cc1C(=O)N1CCN(C)CC1.Cl. The third-order valence-electron chi connectivity index (χ3n) is 3.18. The zero-order chi connectivity index (χ0) is 13.1. The van der Waals surface area contributed by atoms with Crippen LogP contribution >= 0.6 is 24.0 Å². The Balaban J connectivity index is 0.00000180. The van der Waals surface area contributed by atoms with Gasteiger partial charge < -0.3 is 14.5 Å². The van der Waals surface area contributed by atoms with Gasteiger partial charge in [0.1, 0.15) is 5.75 Å². The minimum Gasteiger partial charge on any atom is -0.496 e. The van der Waals surface area contributed by atoms with Crippen LogP contribution in [0.2, 0.25) is 5.02 Å². The molecule has 1 saturated heterocycles. The lowest BCUT2D eigenvalue weighted by atomic mass is 10.1. The van der Waals surface area contributed by atoms with Crippen molar-refractivity contribution in [3.63, 3.8) is 0 Å². The number of rotatable bonds is 2. The average molecular weight is 305 g/mol. The molecule has 2 rings (SSSR count). The number of hydrogen-bond donors (Lipinski definition) is 0. The summed E-state index contributed by atoms with van der Waals surface area (Å²) in [6.45, 7) is 3.28. The van der Waals surface area contributed by atoms with Gasteiger partial charge in [0.2, 0.25) is 0 Å². The molecule has 0 spiro atoms. The van der Waals surface area contributed by atoms with E-state index < -0.39 is 0 Å². The molecule has 0 radical (unpaired) electrons. The van der Waals surface area contributed by atoms with Crippen LogP contribution in [0, 0.1) is 0 Å². The summed E-state index contributed by atoms with van der Waals surface area (Å²) in [7, 11) is 3.62. The molecule has 0 saturated carbocycles. The highest BCUT2D eigenvalue weighted by Crippen LogP contribution is 2.24. The van der Waals surface area contributed by atoms with Gasteiger partial charge in [0.25, 0.3) is 5.91 Å². The normalized spacial score (nSPS) is 15.8. The van der Waals surface area contributed by atoms with Gasteiger partial charge in [-0.2, -0.15) is 0 Å². The van der Waals surface area contributed by atoms with E-state index in [0.717, 1.165) is 26.2 Å². The fourth-order valence-corrected chi connectivity index (χ4v) is 2.20. The van der Waals surface area contributed by atoms with Gasteiger partial charge in [-0.1, -0.05) is 11.6 Å². The van der Waals surface area contributed by atoms with Gasteiger partial charge in [-0.05, 0) is 25.2 Å². The zero-order valence-electron chi connectivity index (χ0n) is 11.1. The molecule has 1 aliphatic rings. The van der Waals surface area contributed by atoms with Gasteiger partial charge in [-0.15, -0.1) is 12.4 Å². The Morgan fingerprint density at radius 2 is 1.89 bits per heavy atom. The van der Waals surface area contributed by atoms with Crippen molar-refractivity contribution in [2.24, 2.45) is 0 Å². The first kappa shape index (κ1) is 16.1. The highest BCUT2D eigenvalue weighted by atomic mass is 35.5. The van der Waals surface area contributed by atoms with E-state index in [-0.39, 0.29) is 18.3 Å². The predicted octanol–water partition coefficient (Wildman–Crippen LogP) is 2.16. The third-order valence-corrected chi connectivity index (χ3v) is 3.42. The molecular weight excluding hydrogens is 287 g/mol. The Morgan fingerprint density at radius 3 is 2.47 bits per heavy atom. The molecule has 19 heavy (non-hydrogen) atoms. The summed E-state index contributed by atoms with van der Waals surface area (Å²) in [5, 5.41) is 0.549. The maximum Gasteiger partial charge on any atom is 0.257 e. The Morgan fingerprint density at radius 1 is 1.26 bits per heavy atom. The first-order valence-electron chi connectivity index (χ1n) is 5.93. The number of carbonyl (C=O) groups excluding carboxylic acids is 1. The van der Waals surface area contributed by atoms with Crippen LogP contribution in [0.15, 0.2) is 18.2 Å². The van der Waals surface area contributed by atoms with E-state index in [4.69, 9.17) is 16.3 Å². The van der Waals surface area contributed by atoms with Crippen molar-refractivity contribution in [2.45, 2.75) is 0 Å². The summed E-state index contributed by atoms with van der Waals surface area (Å²) in [4.78, 5) is 16.5. The highest BCUT2D eigenvalue weighted by molar-refractivity contribution is 6.31. The van der Waals surface area contributed by atoms with E-state index in [2.05, 4.69) is 11.9 Å². The van der Waals surface area contributed by atoms with Crippen molar-refractivity contribution in [1.29, 1.82) is 0 Å². The predicted molar refractivity (Wildman–Crippen MR) is 78.7 cm³/mol. The van der Waals surface area contributed by atoms with Gasteiger partial charge in [-0.25, -0.2) is 0 Å². The number of likely N-dealkylation sites (N-methyl/N-ethyl adjacent to an activating group) is 1. The molecule has 0 unspecified atom stereocenters. The summed E-state index contributed by atoms with van der Waals surface area (Å²) in [5.74, 6) is 0.561. The van der Waals surface area contributed by atoms with Crippen LogP contribution in [0.1, 0.15) is 10.4 Å². The number of benzene rings is 1. The quantitative estimate of drug-likeness (QED) is 0.839. The molecule has 1 aromatic rings. The fourth-order valence-electron chi connectivity index (χ4n) is 2.03. The molecule has 1 heterocycles. The molecule has 0 aliphatic carbocycles. The smallest absolute Gasteiger partial charge is 0.257 e. The maximum atomic E-state index is 12.4. The van der Waals surface area contributed by atoms with E-state index in [1.54, 1.807) is 25.3 Å². The van der Waals surface area contributed by atoms with Crippen LogP contribution < -0.4 is 4.74 Å². The van der Waals surface area contributed by atoms with Gasteiger partial charge in [0, 0.05) is 31.2 Å². The monoisotopic (exact) mass is 304 g/mol. The highest BCUT2D eigenvalue weighted by Gasteiger charge is 2.23. The van der Waals surface area contributed by atoms with E-state index in [1.165, 1.54) is 0 Å². The topological polar surface area (TPSA) is 32.8 Å². The summed E-state index contributed by atoms with van der Waals surface area (Å²) in [6.07, 6.45) is 0. The maximum absolute atomic E-state index is 12.4. The summed E-state index contributed by atoms with van der Waals surface area (Å²) < 4.78 is 5.22. The molecule has 0 N–H and O–H groups in total. The summed E-state index contributed by atoms with van der Waals surface area (Å²) in [6, 6.07) is 5.12. The molecule has 106 valence electrons. The van der Waals surface area contributed by atoms with Crippen molar-refractivity contribution in [3.05, 3.63) is 28.8 Å². The van der Waals surface area contributed by atoms with Crippen LogP contribution in [0.5, 0.6) is 5.75 Å². The van der Waals surface area contributed by atoms with E-state index >= 15 is 0 Å². The Hall–Kier alpha value is -0.970. The molecule has 1 amide bonds. The first-order valence-corrected chi connectivity index (χ1v) is 6.31. The number of hydrogen-bond acceptors (Lipinski definition) is 3. The number of piperazine rings is 1. The molecule has 1 fully saturated rings. The fraction of sp³-hybridized carbons (Fsp3) is 0.462. The van der Waals surface area contributed by atoms with Gasteiger partial charge in [-0.3, -0.25) is 4.79 Å². The number of ether oxygens (including phenoxy) is 1. The van der Waals surface area contributed by atoms with Crippen LogP contribution in [0.4, 0.5) is 0 Å². The lowest BCUT2D eigenvalue weighted by Crippen LogP contribution is -2.47. The number of carbonyl (C=O) groups is 1. The third kappa shape index (κ3) is 3.75. The average Bonchev–Trinajstić information content (AvgIpc) is 2.39. The molecule has 4 nitrogen and oxygen atoms in total. The van der Waals surface area contributed by atoms with Crippen molar-refractivity contribution in [1.82, 2.24) is 9.80 Å². The second-order valence-corrected chi connectivity index (χ2v) is 4.88. The number of methoxy groups -OCH3 is 1. The van der Waals surface area contributed by atoms with Crippen molar-refractivity contribution < 1.29 is 9.53 Å². The molecule has 6 heteroatoms. The number of amides is 1. The lowest BCUT2D eigenvalue weighted by molar-refractivity contribution is 0.0661. The Kier molecular flexibility index (Phi) is 5.91. The molecule has 1 aliphatic heterocycles. The molecular formula is C13H18Cl2N2O2. The van der Waals surface area contributed by atoms with Crippen LogP contribution in [-0.2, 0) is 0 Å². The standard InChI is InChI=1S/C13H17ClN2O2.ClH/c1-15-5-7-16(8-6-15)13(17)11-9-10(14)3-4-12(11)18-2;/h3-4,9H,5-8H2,1-2H3;1H. The van der Waals surface area contributed by atoms with Gasteiger partial charge in [0.05, 0.1) is 12.7 Å². The summed E-state index contributed by atoms with van der Waals surface area (Å²) in [5.41, 5.74) is 0.537. The summed E-state index contributed by atoms with van der Waals surface area (Å²) >= 11 is 5.95. The lowest BCUT2D eigenvalue weighted by Gasteiger charge is -2.32. The van der Waals surface area contributed by atoms with E-state index in [0.29, 0.717) is 16.3 Å². The largest absolute Gasteiger partial charge is 0.496 e. The van der Waals surface area contributed by atoms with Gasteiger partial charge in [0.15, 0.2) is 0 Å². The van der Waals surface area contributed by atoms with Crippen molar-refractivity contribution >= 4 is 29.9 Å². The van der Waals surface area contributed by atoms with E-state index in [1.807, 2.05) is 4.90 Å². The minimum absolute atomic E-state index is 0. The molecule has 1 aromatic carbocycles.